The maximum Gasteiger partial charge on any atom is 0.341 e. The van der Waals surface area contributed by atoms with Crippen molar-refractivity contribution >= 4 is 23.3 Å². The number of hydrogen-bond acceptors (Lipinski definition) is 7. The average molecular weight is 285 g/mol. The molecule has 2 atom stereocenters. The zero-order chi connectivity index (χ0) is 14.9. The van der Waals surface area contributed by atoms with Gasteiger partial charge in [-0.2, -0.15) is 0 Å². The molecule has 0 saturated carbocycles. The number of nitrogens with one attached hydrogen (secondary N) is 2. The van der Waals surface area contributed by atoms with Gasteiger partial charge in [-0.25, -0.2) is 9.18 Å². The zero-order valence-corrected chi connectivity index (χ0v) is 9.70. The highest BCUT2D eigenvalue weighted by Crippen LogP contribution is 2.23. The Morgan fingerprint density at radius 3 is 2.80 bits per heavy atom. The van der Waals surface area contributed by atoms with Gasteiger partial charge in [0.2, 0.25) is 5.91 Å². The predicted octanol–water partition coefficient (Wildman–Crippen LogP) is -0.332. The van der Waals surface area contributed by atoms with E-state index < -0.39 is 46.1 Å². The molecule has 1 fully saturated rings. The van der Waals surface area contributed by atoms with E-state index in [1.54, 1.807) is 0 Å². The summed E-state index contributed by atoms with van der Waals surface area (Å²) in [7, 11) is 0. The highest BCUT2D eigenvalue weighted by Gasteiger charge is 2.42. The minimum atomic E-state index is -1.59. The van der Waals surface area contributed by atoms with E-state index >= 15 is 0 Å². The number of carbonyl (C=O) groups is 2. The molecule has 0 aromatic heterocycles. The van der Waals surface area contributed by atoms with Gasteiger partial charge < -0.3 is 15.3 Å². The minimum Gasteiger partial charge on any atom is -0.374 e. The minimum absolute atomic E-state index is 0.436. The van der Waals surface area contributed by atoms with Crippen LogP contribution in [0.25, 0.3) is 0 Å². The fraction of sp³-hybridized carbons (Fsp3) is 0.200. The number of anilines is 1. The van der Waals surface area contributed by atoms with Gasteiger partial charge in [0.25, 0.3) is 5.69 Å². The normalized spacial score (nSPS) is 21.4. The third-order valence-electron chi connectivity index (χ3n) is 2.55. The number of hydrogen-bond donors (Lipinski definition) is 3. The fourth-order valence-corrected chi connectivity index (χ4v) is 1.56. The molecule has 2 rings (SSSR count). The Kier molecular flexibility index (Phi) is 3.59. The lowest BCUT2D eigenvalue weighted by Gasteiger charge is -2.10. The van der Waals surface area contributed by atoms with Crippen LogP contribution < -0.4 is 10.8 Å². The molecule has 0 bridgehead atoms. The highest BCUT2D eigenvalue weighted by atomic mass is 19.1. The smallest absolute Gasteiger partial charge is 0.341 e. The van der Waals surface area contributed by atoms with E-state index in [-0.39, 0.29) is 0 Å². The number of halogens is 1. The van der Waals surface area contributed by atoms with Crippen LogP contribution >= 0.6 is 0 Å². The Balaban J connectivity index is 2.21. The summed E-state index contributed by atoms with van der Waals surface area (Å²) in [5, 5.41) is 21.8. The van der Waals surface area contributed by atoms with Crippen LogP contribution in [-0.4, -0.2) is 28.1 Å². The second-order valence-corrected chi connectivity index (χ2v) is 3.87. The largest absolute Gasteiger partial charge is 0.374 e. The maximum absolute atomic E-state index is 13.4. The topological polar surface area (TPSA) is 131 Å². The van der Waals surface area contributed by atoms with Gasteiger partial charge in [-0.15, -0.1) is 5.48 Å². The molecule has 2 unspecified atom stereocenters. The van der Waals surface area contributed by atoms with Crippen molar-refractivity contribution in [3.8, 4) is 0 Å². The fourth-order valence-electron chi connectivity index (χ4n) is 1.56. The molecular weight excluding hydrogens is 277 g/mol. The molecule has 3 N–H and O–H groups in total. The van der Waals surface area contributed by atoms with Crippen LogP contribution in [0.2, 0.25) is 0 Å². The van der Waals surface area contributed by atoms with Gasteiger partial charge in [0.1, 0.15) is 5.82 Å². The molecule has 0 radical (unpaired) electrons. The van der Waals surface area contributed by atoms with Gasteiger partial charge in [-0.05, 0) is 6.07 Å². The Hall–Kier alpha value is -2.59. The van der Waals surface area contributed by atoms with Crippen molar-refractivity contribution in [2.24, 2.45) is 5.92 Å². The first kappa shape index (κ1) is 13.8. The zero-order valence-electron chi connectivity index (χ0n) is 9.70. The molecule has 1 heterocycles. The Labute approximate surface area is 110 Å². The summed E-state index contributed by atoms with van der Waals surface area (Å²) in [6.45, 7) is 0. The number of nitro benzene ring substituents is 1. The van der Waals surface area contributed by atoms with Crippen molar-refractivity contribution < 1.29 is 28.8 Å². The summed E-state index contributed by atoms with van der Waals surface area (Å²) >= 11 is 0. The van der Waals surface area contributed by atoms with Gasteiger partial charge in [0.05, 0.1) is 10.6 Å². The Morgan fingerprint density at radius 1 is 1.55 bits per heavy atom. The average Bonchev–Trinajstić information content (AvgIpc) is 2.71. The van der Waals surface area contributed by atoms with E-state index in [1.165, 1.54) is 0 Å². The third-order valence-corrected chi connectivity index (χ3v) is 2.55. The molecule has 20 heavy (non-hydrogen) atoms. The van der Waals surface area contributed by atoms with E-state index in [0.29, 0.717) is 0 Å². The van der Waals surface area contributed by atoms with Gasteiger partial charge in [-0.3, -0.25) is 14.9 Å². The first-order valence-electron chi connectivity index (χ1n) is 5.29. The summed E-state index contributed by atoms with van der Waals surface area (Å²) in [6.07, 6.45) is -1.58. The molecule has 1 aliphatic heterocycles. The molecule has 0 spiro atoms. The molecule has 1 aromatic rings. The van der Waals surface area contributed by atoms with E-state index in [0.717, 1.165) is 18.2 Å². The SMILES string of the molecule is O=C(Nc1cc([N+](=O)[O-])ccc1F)C1C(=O)ONC1O. The number of hydroxylamine groups is 1. The van der Waals surface area contributed by atoms with Crippen LogP contribution in [0.4, 0.5) is 15.8 Å². The molecule has 1 aliphatic rings. The van der Waals surface area contributed by atoms with Crippen molar-refractivity contribution in [2.45, 2.75) is 6.23 Å². The number of nitrogens with zero attached hydrogens (tertiary/aromatic N) is 1. The van der Waals surface area contributed by atoms with Crippen LogP contribution in [0, 0.1) is 21.8 Å². The molecule has 9 nitrogen and oxygen atoms in total. The standard InChI is InChI=1S/C10H8FN3O6/c11-5-2-1-4(14(18)19)3-6(5)12-8(15)7-9(16)13-20-10(7)17/h1-3,7,9,13,16H,(H,12,15). The number of carbonyl (C=O) groups excluding carboxylic acids is 2. The van der Waals surface area contributed by atoms with Crippen LogP contribution in [0.1, 0.15) is 0 Å². The van der Waals surface area contributed by atoms with E-state index in [9.17, 15) is 29.2 Å². The van der Waals surface area contributed by atoms with Crippen molar-refractivity contribution in [3.05, 3.63) is 34.1 Å². The maximum atomic E-state index is 13.4. The number of nitro groups is 1. The first-order chi connectivity index (χ1) is 9.40. The number of non-ortho nitro benzene ring substituents is 1. The lowest BCUT2D eigenvalue weighted by molar-refractivity contribution is -0.384. The Bertz CT molecular complexity index is 592. The summed E-state index contributed by atoms with van der Waals surface area (Å²) in [5.74, 6) is -4.60. The molecule has 1 saturated heterocycles. The van der Waals surface area contributed by atoms with E-state index in [1.807, 2.05) is 10.8 Å². The van der Waals surface area contributed by atoms with Crippen molar-refractivity contribution in [1.82, 2.24) is 5.48 Å². The molecule has 10 heteroatoms. The van der Waals surface area contributed by atoms with Crippen LogP contribution in [0.3, 0.4) is 0 Å². The number of rotatable bonds is 3. The third kappa shape index (κ3) is 2.55. The molecule has 1 aromatic carbocycles. The number of aliphatic hydroxyl groups excluding tert-OH is 1. The number of benzene rings is 1. The Morgan fingerprint density at radius 2 is 2.25 bits per heavy atom. The van der Waals surface area contributed by atoms with Crippen molar-refractivity contribution in [3.63, 3.8) is 0 Å². The molecule has 0 aliphatic carbocycles. The molecule has 1 amide bonds. The van der Waals surface area contributed by atoms with E-state index in [4.69, 9.17) is 0 Å². The molecular formula is C10H8FN3O6. The number of amides is 1. The second-order valence-electron chi connectivity index (χ2n) is 3.87. The van der Waals surface area contributed by atoms with Crippen LogP contribution in [0.15, 0.2) is 18.2 Å². The van der Waals surface area contributed by atoms with Gasteiger partial charge in [-0.1, -0.05) is 0 Å². The predicted molar refractivity (Wildman–Crippen MR) is 60.4 cm³/mol. The number of aliphatic hydroxyl groups is 1. The van der Waals surface area contributed by atoms with Gasteiger partial charge in [0.15, 0.2) is 12.1 Å². The quantitative estimate of drug-likeness (QED) is 0.393. The second kappa shape index (κ2) is 5.19. The summed E-state index contributed by atoms with van der Waals surface area (Å²) in [6, 6.07) is 2.52. The van der Waals surface area contributed by atoms with E-state index in [2.05, 4.69) is 4.84 Å². The lowest BCUT2D eigenvalue weighted by Crippen LogP contribution is -2.36. The van der Waals surface area contributed by atoms with Crippen molar-refractivity contribution in [2.75, 3.05) is 5.32 Å². The molecule has 106 valence electrons. The van der Waals surface area contributed by atoms with Crippen LogP contribution in [-0.2, 0) is 14.4 Å². The first-order valence-corrected chi connectivity index (χ1v) is 5.29. The highest BCUT2D eigenvalue weighted by molar-refractivity contribution is 6.06. The summed E-state index contributed by atoms with van der Waals surface area (Å²) < 4.78 is 13.4. The van der Waals surface area contributed by atoms with Crippen LogP contribution in [0.5, 0.6) is 0 Å². The monoisotopic (exact) mass is 285 g/mol. The summed E-state index contributed by atoms with van der Waals surface area (Å²) in [4.78, 5) is 36.9. The van der Waals surface area contributed by atoms with Gasteiger partial charge in [0, 0.05) is 12.1 Å². The summed E-state index contributed by atoms with van der Waals surface area (Å²) in [5.41, 5.74) is 0.962. The van der Waals surface area contributed by atoms with Crippen molar-refractivity contribution in [1.29, 1.82) is 0 Å². The van der Waals surface area contributed by atoms with Gasteiger partial charge >= 0.3 is 5.97 Å². The lowest BCUT2D eigenvalue weighted by atomic mass is 10.1.